The molecule has 4 N–H and O–H groups in total. The van der Waals surface area contributed by atoms with Crippen molar-refractivity contribution in [3.8, 4) is 5.75 Å². The van der Waals surface area contributed by atoms with Gasteiger partial charge in [0.2, 0.25) is 0 Å². The summed E-state index contributed by atoms with van der Waals surface area (Å²) >= 11 is 0. The van der Waals surface area contributed by atoms with Gasteiger partial charge < -0.3 is 25.8 Å². The van der Waals surface area contributed by atoms with E-state index in [0.717, 1.165) is 25.5 Å². The standard InChI is InChI=1S/C22H36N4O3/c1-2-24-22(26-15-16-28-19-7-5-3-4-6-8-19)25-14-13-18-9-11-20(12-10-18)29-17-21(23)27/h9-12,19H,2-8,13-17H2,1H3,(H2,23,27)(H2,24,25,26). The summed E-state index contributed by atoms with van der Waals surface area (Å²) in [6.07, 6.45) is 8.91. The predicted octanol–water partition coefficient (Wildman–Crippen LogP) is 2.39. The molecule has 1 saturated carbocycles. The summed E-state index contributed by atoms with van der Waals surface area (Å²) in [4.78, 5) is 15.4. The first-order valence-corrected chi connectivity index (χ1v) is 10.8. The molecule has 1 aromatic carbocycles. The second-order valence-corrected chi connectivity index (χ2v) is 7.32. The number of carbonyl (C=O) groups excluding carboxylic acids is 1. The van der Waals surface area contributed by atoms with Crippen molar-refractivity contribution < 1.29 is 14.3 Å². The summed E-state index contributed by atoms with van der Waals surface area (Å²) in [5.74, 6) is 0.982. The number of rotatable bonds is 11. The predicted molar refractivity (Wildman–Crippen MR) is 116 cm³/mol. The lowest BCUT2D eigenvalue weighted by Gasteiger charge is -2.15. The minimum atomic E-state index is -0.479. The Kier molecular flexibility index (Phi) is 11.0. The summed E-state index contributed by atoms with van der Waals surface area (Å²) in [5, 5.41) is 6.64. The van der Waals surface area contributed by atoms with Crippen LogP contribution in [0.25, 0.3) is 0 Å². The number of benzene rings is 1. The Morgan fingerprint density at radius 1 is 1.14 bits per heavy atom. The maximum Gasteiger partial charge on any atom is 0.255 e. The van der Waals surface area contributed by atoms with Crippen molar-refractivity contribution in [2.75, 3.05) is 32.8 Å². The maximum absolute atomic E-state index is 10.8. The van der Waals surface area contributed by atoms with Crippen LogP contribution in [0.1, 0.15) is 51.0 Å². The number of hydrogen-bond donors (Lipinski definition) is 3. The lowest BCUT2D eigenvalue weighted by molar-refractivity contribution is -0.119. The fourth-order valence-corrected chi connectivity index (χ4v) is 3.36. The molecule has 0 unspecified atom stereocenters. The van der Waals surface area contributed by atoms with E-state index in [0.29, 0.717) is 25.0 Å². The molecule has 0 saturated heterocycles. The van der Waals surface area contributed by atoms with Crippen LogP contribution >= 0.6 is 0 Å². The van der Waals surface area contributed by atoms with E-state index < -0.39 is 5.91 Å². The molecule has 162 valence electrons. The van der Waals surface area contributed by atoms with Gasteiger partial charge in [-0.05, 0) is 43.9 Å². The molecule has 1 aromatic rings. The number of primary amides is 1. The van der Waals surface area contributed by atoms with E-state index in [4.69, 9.17) is 15.2 Å². The van der Waals surface area contributed by atoms with Crippen molar-refractivity contribution in [3.05, 3.63) is 29.8 Å². The molecule has 0 heterocycles. The Bertz CT molecular complexity index is 611. The van der Waals surface area contributed by atoms with Crippen molar-refractivity contribution in [2.45, 2.75) is 58.0 Å². The topological polar surface area (TPSA) is 98.0 Å². The summed E-state index contributed by atoms with van der Waals surface area (Å²) in [5.41, 5.74) is 6.26. The van der Waals surface area contributed by atoms with Crippen LogP contribution < -0.4 is 21.1 Å². The van der Waals surface area contributed by atoms with Crippen LogP contribution in [-0.4, -0.2) is 50.8 Å². The fourth-order valence-electron chi connectivity index (χ4n) is 3.36. The van der Waals surface area contributed by atoms with E-state index in [1.54, 1.807) is 0 Å². The molecule has 0 aliphatic heterocycles. The number of amides is 1. The van der Waals surface area contributed by atoms with Crippen LogP contribution in [0.3, 0.4) is 0 Å². The minimum Gasteiger partial charge on any atom is -0.484 e. The number of ether oxygens (including phenoxy) is 2. The molecule has 1 fully saturated rings. The highest BCUT2D eigenvalue weighted by molar-refractivity contribution is 5.79. The second kappa shape index (κ2) is 13.8. The molecule has 1 amide bonds. The van der Waals surface area contributed by atoms with Crippen LogP contribution in [0, 0.1) is 0 Å². The number of carbonyl (C=O) groups is 1. The van der Waals surface area contributed by atoms with Crippen molar-refractivity contribution in [2.24, 2.45) is 10.7 Å². The zero-order chi connectivity index (χ0) is 20.7. The second-order valence-electron chi connectivity index (χ2n) is 7.32. The van der Waals surface area contributed by atoms with Crippen molar-refractivity contribution in [1.29, 1.82) is 0 Å². The molecule has 0 spiro atoms. The molecule has 29 heavy (non-hydrogen) atoms. The molecule has 0 radical (unpaired) electrons. The van der Waals surface area contributed by atoms with E-state index >= 15 is 0 Å². The highest BCUT2D eigenvalue weighted by Crippen LogP contribution is 2.19. The molecule has 0 atom stereocenters. The van der Waals surface area contributed by atoms with Gasteiger partial charge in [0, 0.05) is 13.1 Å². The van der Waals surface area contributed by atoms with Crippen LogP contribution in [0.5, 0.6) is 5.75 Å². The normalized spacial score (nSPS) is 15.6. The van der Waals surface area contributed by atoms with Crippen LogP contribution in [0.15, 0.2) is 29.3 Å². The third-order valence-electron chi connectivity index (χ3n) is 4.87. The molecular weight excluding hydrogens is 368 g/mol. The Morgan fingerprint density at radius 3 is 2.52 bits per heavy atom. The van der Waals surface area contributed by atoms with Crippen LogP contribution in [-0.2, 0) is 16.0 Å². The maximum atomic E-state index is 10.8. The zero-order valence-electron chi connectivity index (χ0n) is 17.6. The van der Waals surface area contributed by atoms with Crippen LogP contribution in [0.4, 0.5) is 0 Å². The molecule has 7 heteroatoms. The Morgan fingerprint density at radius 2 is 1.86 bits per heavy atom. The number of hydrogen-bond acceptors (Lipinski definition) is 4. The summed E-state index contributed by atoms with van der Waals surface area (Å²) in [6, 6.07) is 7.68. The van der Waals surface area contributed by atoms with Gasteiger partial charge in [-0.15, -0.1) is 0 Å². The SMILES string of the molecule is CCNC(=NCCOC1CCCCCC1)NCCc1ccc(OCC(N)=O)cc1. The number of aliphatic imine (C=N–C) groups is 1. The monoisotopic (exact) mass is 404 g/mol. The highest BCUT2D eigenvalue weighted by Gasteiger charge is 2.11. The van der Waals surface area contributed by atoms with Gasteiger partial charge in [0.05, 0.1) is 19.3 Å². The number of nitrogens with two attached hydrogens (primary N) is 1. The molecule has 1 aliphatic rings. The van der Waals surface area contributed by atoms with Crippen molar-refractivity contribution in [3.63, 3.8) is 0 Å². The van der Waals surface area contributed by atoms with Gasteiger partial charge in [-0.25, -0.2) is 0 Å². The van der Waals surface area contributed by atoms with Gasteiger partial charge in [0.25, 0.3) is 5.91 Å². The third-order valence-corrected chi connectivity index (χ3v) is 4.87. The minimum absolute atomic E-state index is 0.103. The molecule has 0 aromatic heterocycles. The van der Waals surface area contributed by atoms with E-state index in [2.05, 4.69) is 22.5 Å². The molecule has 0 bridgehead atoms. The summed E-state index contributed by atoms with van der Waals surface area (Å²) < 4.78 is 11.3. The van der Waals surface area contributed by atoms with E-state index in [1.165, 1.54) is 44.1 Å². The van der Waals surface area contributed by atoms with E-state index in [1.807, 2.05) is 24.3 Å². The van der Waals surface area contributed by atoms with Gasteiger partial charge in [-0.2, -0.15) is 0 Å². The Labute approximate surface area is 174 Å². The first-order valence-electron chi connectivity index (χ1n) is 10.8. The number of nitrogens with zero attached hydrogens (tertiary/aromatic N) is 1. The number of nitrogens with one attached hydrogen (secondary N) is 2. The molecule has 7 nitrogen and oxygen atoms in total. The Hall–Kier alpha value is -2.28. The van der Waals surface area contributed by atoms with Gasteiger partial charge in [0.15, 0.2) is 12.6 Å². The molecule has 2 rings (SSSR count). The zero-order valence-corrected chi connectivity index (χ0v) is 17.6. The van der Waals surface area contributed by atoms with Gasteiger partial charge >= 0.3 is 0 Å². The third kappa shape index (κ3) is 10.2. The van der Waals surface area contributed by atoms with E-state index in [-0.39, 0.29) is 6.61 Å². The fraction of sp³-hybridized carbons (Fsp3) is 0.636. The lowest BCUT2D eigenvalue weighted by atomic mass is 10.1. The highest BCUT2D eigenvalue weighted by atomic mass is 16.5. The van der Waals surface area contributed by atoms with Gasteiger partial charge in [-0.3, -0.25) is 9.79 Å². The van der Waals surface area contributed by atoms with Crippen molar-refractivity contribution >= 4 is 11.9 Å². The summed E-state index contributed by atoms with van der Waals surface area (Å²) in [6.45, 7) is 4.89. The largest absolute Gasteiger partial charge is 0.484 e. The lowest BCUT2D eigenvalue weighted by Crippen LogP contribution is -2.38. The van der Waals surface area contributed by atoms with Crippen molar-refractivity contribution in [1.82, 2.24) is 10.6 Å². The summed E-state index contributed by atoms with van der Waals surface area (Å²) in [7, 11) is 0. The van der Waals surface area contributed by atoms with Gasteiger partial charge in [0.1, 0.15) is 5.75 Å². The first kappa shape index (κ1) is 23.0. The average Bonchev–Trinajstić information content (AvgIpc) is 2.99. The quantitative estimate of drug-likeness (QED) is 0.228. The van der Waals surface area contributed by atoms with Crippen LogP contribution in [0.2, 0.25) is 0 Å². The van der Waals surface area contributed by atoms with E-state index in [9.17, 15) is 4.79 Å². The first-order chi connectivity index (χ1) is 14.2. The van der Waals surface area contributed by atoms with Gasteiger partial charge in [-0.1, -0.05) is 37.8 Å². The molecular formula is C22H36N4O3. The smallest absolute Gasteiger partial charge is 0.255 e. The average molecular weight is 405 g/mol. The Balaban J connectivity index is 1.68. The molecule has 1 aliphatic carbocycles. The number of guanidine groups is 1.